The summed E-state index contributed by atoms with van der Waals surface area (Å²) >= 11 is 0. The van der Waals surface area contributed by atoms with E-state index in [1.54, 1.807) is 0 Å². The van der Waals surface area contributed by atoms with Crippen molar-refractivity contribution >= 4 is 19.6 Å². The quantitative estimate of drug-likeness (QED) is 0.195. The van der Waals surface area contributed by atoms with E-state index in [1.807, 2.05) is 0 Å². The van der Waals surface area contributed by atoms with Crippen LogP contribution in [0.15, 0.2) is 0 Å². The van der Waals surface area contributed by atoms with Crippen LogP contribution in [0.25, 0.3) is 0 Å². The number of nitrogens with zero attached hydrogens (tertiary/aromatic N) is 1. The first kappa shape index (κ1) is 9.86. The maximum absolute atomic E-state index is 11.4. The molecule has 0 atom stereocenters. The van der Waals surface area contributed by atoms with E-state index in [1.165, 1.54) is 6.92 Å². The molecule has 0 radical (unpaired) electrons. The van der Waals surface area contributed by atoms with Crippen molar-refractivity contribution in [1.29, 1.82) is 0 Å². The maximum atomic E-state index is 11.4. The second-order valence-corrected chi connectivity index (χ2v) is 1.52. The van der Waals surface area contributed by atoms with Crippen molar-refractivity contribution in [3.05, 3.63) is 5.21 Å². The van der Waals surface area contributed by atoms with E-state index in [2.05, 4.69) is 4.74 Å². The summed E-state index contributed by atoms with van der Waals surface area (Å²) < 4.78 is 26.2. The van der Waals surface area contributed by atoms with Crippen molar-refractivity contribution in [2.75, 3.05) is 6.61 Å². The zero-order chi connectivity index (χ0) is 8.85. The second-order valence-electron chi connectivity index (χ2n) is 1.52. The van der Waals surface area contributed by atoms with E-state index in [0.29, 0.717) is 0 Å². The fourth-order valence-corrected chi connectivity index (χ4v) is 0.340. The number of hydrogen-bond donors (Lipinski definition) is 0. The zero-order valence-electron chi connectivity index (χ0n) is 5.79. The summed E-state index contributed by atoms with van der Waals surface area (Å²) in [5.74, 6) is -1.07. The smallest absolute Gasteiger partial charge is 0.644 e. The van der Waals surface area contributed by atoms with Crippen molar-refractivity contribution in [3.8, 4) is 0 Å². The Labute approximate surface area is 62.2 Å². The number of hydrogen-bond acceptors (Lipinski definition) is 3. The molecule has 0 aliphatic carbocycles. The molecule has 0 aliphatic rings. The third kappa shape index (κ3) is 4.29. The molecule has 0 aliphatic heterocycles. The van der Waals surface area contributed by atoms with Crippen molar-refractivity contribution in [2.45, 2.75) is 6.92 Å². The number of rotatable bonds is 3. The van der Waals surface area contributed by atoms with Gasteiger partial charge in [-0.3, -0.25) is 0 Å². The van der Waals surface area contributed by atoms with Crippen molar-refractivity contribution in [3.63, 3.8) is 0 Å². The average molecular weight is 165 g/mol. The lowest BCUT2D eigenvalue weighted by Crippen LogP contribution is -2.22. The van der Waals surface area contributed by atoms with E-state index in [4.69, 9.17) is 0 Å². The van der Waals surface area contributed by atoms with Crippen molar-refractivity contribution < 1.29 is 22.8 Å². The first-order valence-corrected chi connectivity index (χ1v) is 2.83. The third-order valence-corrected chi connectivity index (χ3v) is 0.712. The number of carbonyl (C=O) groups is 1. The van der Waals surface area contributed by atoms with E-state index < -0.39 is 18.0 Å². The van der Waals surface area contributed by atoms with E-state index >= 15 is 0 Å². The Morgan fingerprint density at radius 3 is 2.73 bits per heavy atom. The largest absolute Gasteiger partial charge is 0.940 e. The normalized spacial score (nSPS) is 11.0. The van der Waals surface area contributed by atoms with Crippen LogP contribution in [0, 0.1) is 5.21 Å². The Hall–Kier alpha value is -1.14. The van der Waals surface area contributed by atoms with Gasteiger partial charge in [0, 0.05) is 0 Å². The summed E-state index contributed by atoms with van der Waals surface area (Å²) in [4.78, 5) is 10.3. The van der Waals surface area contributed by atoms with Crippen LogP contribution in [0.5, 0.6) is 0 Å². The van der Waals surface area contributed by atoms with Crippen molar-refractivity contribution in [2.24, 2.45) is 0 Å². The summed E-state index contributed by atoms with van der Waals surface area (Å²) in [6.45, 7) is 1.55. The molecule has 0 heterocycles. The molecule has 0 bridgehead atoms. The molecule has 0 aromatic rings. The summed E-state index contributed by atoms with van der Waals surface area (Å²) in [5.41, 5.74) is 0. The van der Waals surface area contributed by atoms with Gasteiger partial charge in [0.15, 0.2) is 0 Å². The van der Waals surface area contributed by atoms with E-state index in [-0.39, 0.29) is 12.8 Å². The summed E-state index contributed by atoms with van der Waals surface area (Å²) in [7, 11) is -3.22. The first-order chi connectivity index (χ1) is 5.07. The molecule has 0 saturated heterocycles. The average Bonchev–Trinajstić information content (AvgIpc) is 1.87. The third-order valence-electron chi connectivity index (χ3n) is 0.712. The summed E-state index contributed by atoms with van der Waals surface area (Å²) in [6, 6.07) is 0. The lowest BCUT2D eigenvalue weighted by atomic mass is 10.3. The van der Waals surface area contributed by atoms with Gasteiger partial charge in [0.2, 0.25) is 6.21 Å². The van der Waals surface area contributed by atoms with Gasteiger partial charge in [-0.15, -0.1) is 0 Å². The molecule has 0 amide bonds. The molecule has 0 N–H and O–H groups in total. The lowest BCUT2D eigenvalue weighted by Gasteiger charge is -1.97. The van der Waals surface area contributed by atoms with Crippen LogP contribution in [-0.4, -0.2) is 30.8 Å². The minimum absolute atomic E-state index is 0.0480. The topological polar surface area (TPSA) is 52.4 Å². The van der Waals surface area contributed by atoms with Crippen LogP contribution < -0.4 is 0 Å². The van der Waals surface area contributed by atoms with E-state index in [9.17, 15) is 18.6 Å². The standard InChI is InChI=1S/C4H6BF2NO3/c1-2-11-4(9)3-8(10)5(6)7/h3H,2H2,1H3/b8-3+. The van der Waals surface area contributed by atoms with Crippen LogP contribution in [0.1, 0.15) is 6.92 Å². The molecular weight excluding hydrogens is 159 g/mol. The Balaban J connectivity index is 3.97. The maximum Gasteiger partial charge on any atom is 0.940 e. The first-order valence-electron chi connectivity index (χ1n) is 2.83. The van der Waals surface area contributed by atoms with Crippen LogP contribution in [0.4, 0.5) is 8.63 Å². The molecule has 0 saturated carbocycles. The summed E-state index contributed by atoms with van der Waals surface area (Å²) in [6.07, 6.45) is 0.161. The molecule has 7 heteroatoms. The van der Waals surface area contributed by atoms with Gasteiger partial charge < -0.3 is 9.94 Å². The Kier molecular flexibility index (Phi) is 4.17. The molecule has 0 unspecified atom stereocenters. The number of ether oxygens (including phenoxy) is 1. The Bertz CT molecular complexity index is 173. The molecule has 0 aromatic carbocycles. The van der Waals surface area contributed by atoms with Crippen LogP contribution in [0.3, 0.4) is 0 Å². The van der Waals surface area contributed by atoms with Crippen LogP contribution in [0.2, 0.25) is 0 Å². The fourth-order valence-electron chi connectivity index (χ4n) is 0.340. The predicted octanol–water partition coefficient (Wildman–Crippen LogP) is 0.0545. The van der Waals surface area contributed by atoms with E-state index in [0.717, 1.165) is 0 Å². The van der Waals surface area contributed by atoms with Gasteiger partial charge in [-0.05, 0) is 6.92 Å². The Morgan fingerprint density at radius 2 is 2.36 bits per heavy atom. The Morgan fingerprint density at radius 1 is 1.82 bits per heavy atom. The highest BCUT2D eigenvalue weighted by atomic mass is 19.2. The van der Waals surface area contributed by atoms with Crippen LogP contribution >= 0.6 is 0 Å². The van der Waals surface area contributed by atoms with Gasteiger partial charge in [-0.2, -0.15) is 0 Å². The van der Waals surface area contributed by atoms with Crippen molar-refractivity contribution in [1.82, 2.24) is 0 Å². The molecule has 4 nitrogen and oxygen atoms in total. The van der Waals surface area contributed by atoms with Gasteiger partial charge in [0.05, 0.1) is 6.61 Å². The monoisotopic (exact) mass is 165 g/mol. The molecular formula is C4H6BF2NO3. The highest BCUT2D eigenvalue weighted by molar-refractivity contribution is 6.36. The van der Waals surface area contributed by atoms with Gasteiger partial charge >= 0.3 is 13.4 Å². The molecule has 0 aromatic heterocycles. The molecule has 11 heavy (non-hydrogen) atoms. The fraction of sp³-hybridized carbons (Fsp3) is 0.500. The number of halogens is 2. The van der Waals surface area contributed by atoms with Crippen LogP contribution in [-0.2, 0) is 9.53 Å². The highest BCUT2D eigenvalue weighted by Crippen LogP contribution is 1.85. The van der Waals surface area contributed by atoms with Gasteiger partial charge in [0.25, 0.3) is 0 Å². The molecule has 0 rings (SSSR count). The number of esters is 1. The molecule has 0 spiro atoms. The minimum Gasteiger partial charge on any atom is -0.644 e. The molecule has 0 fully saturated rings. The highest BCUT2D eigenvalue weighted by Gasteiger charge is 2.30. The SMILES string of the molecule is CCOC(=O)/C=[N+](/[O-])B(F)F. The van der Waals surface area contributed by atoms with Gasteiger partial charge in [-0.1, -0.05) is 0 Å². The van der Waals surface area contributed by atoms with Gasteiger partial charge in [0.1, 0.15) is 0 Å². The minimum atomic E-state index is -3.22. The predicted molar refractivity (Wildman–Crippen MR) is 34.3 cm³/mol. The summed E-state index contributed by atoms with van der Waals surface area (Å²) in [5, 5.41) is 10.0. The number of carbonyl (C=O) groups excluding carboxylic acids is 1. The second kappa shape index (κ2) is 4.65. The van der Waals surface area contributed by atoms with Gasteiger partial charge in [-0.25, -0.2) is 18.1 Å². The zero-order valence-corrected chi connectivity index (χ0v) is 5.79. The molecule has 62 valence electrons. The lowest BCUT2D eigenvalue weighted by molar-refractivity contribution is -0.324.